The maximum Gasteiger partial charge on any atom is -0.00519 e. The lowest BCUT2D eigenvalue weighted by molar-refractivity contribution is 0.370. The summed E-state index contributed by atoms with van der Waals surface area (Å²) in [7, 11) is 2.05. The van der Waals surface area contributed by atoms with E-state index in [4.69, 9.17) is 0 Å². The van der Waals surface area contributed by atoms with Crippen molar-refractivity contribution in [3.05, 3.63) is 0 Å². The van der Waals surface area contributed by atoms with Gasteiger partial charge in [0, 0.05) is 0 Å². The lowest BCUT2D eigenvalue weighted by Crippen LogP contribution is -2.07. The summed E-state index contributed by atoms with van der Waals surface area (Å²) in [6, 6.07) is 0. The Hall–Kier alpha value is -0.0400. The van der Waals surface area contributed by atoms with Gasteiger partial charge >= 0.3 is 0 Å². The van der Waals surface area contributed by atoms with Crippen molar-refractivity contribution in [2.45, 2.75) is 97.3 Å². The molecule has 0 aliphatic rings. The van der Waals surface area contributed by atoms with Gasteiger partial charge in [0.2, 0.25) is 0 Å². The van der Waals surface area contributed by atoms with Crippen LogP contribution in [0.25, 0.3) is 0 Å². The topological polar surface area (TPSA) is 12.0 Å². The first-order valence-electron chi connectivity index (χ1n) is 8.99. The Labute approximate surface area is 122 Å². The van der Waals surface area contributed by atoms with E-state index >= 15 is 0 Å². The van der Waals surface area contributed by atoms with Crippen molar-refractivity contribution in [3.63, 3.8) is 0 Å². The highest BCUT2D eigenvalue weighted by molar-refractivity contribution is 4.61. The van der Waals surface area contributed by atoms with Gasteiger partial charge < -0.3 is 5.32 Å². The lowest BCUT2D eigenvalue weighted by Gasteiger charge is -2.16. The van der Waals surface area contributed by atoms with Crippen molar-refractivity contribution >= 4 is 0 Å². The van der Waals surface area contributed by atoms with Crippen LogP contribution in [-0.2, 0) is 0 Å². The fourth-order valence-electron chi connectivity index (χ4n) is 2.89. The van der Waals surface area contributed by atoms with Crippen molar-refractivity contribution < 1.29 is 0 Å². The highest BCUT2D eigenvalue weighted by Gasteiger charge is 2.08. The van der Waals surface area contributed by atoms with E-state index in [9.17, 15) is 0 Å². The van der Waals surface area contributed by atoms with Gasteiger partial charge in [0.05, 0.1) is 0 Å². The maximum absolute atomic E-state index is 3.24. The molecule has 0 aliphatic carbocycles. The molecule has 0 bridgehead atoms. The average Bonchev–Trinajstić information content (AvgIpc) is 2.42. The van der Waals surface area contributed by atoms with E-state index in [-0.39, 0.29) is 0 Å². The van der Waals surface area contributed by atoms with Crippen molar-refractivity contribution in [1.82, 2.24) is 5.32 Å². The standard InChI is InChI=1S/C18H39N/c1-4-6-10-14-18(15-11-7-5-2)16-12-8-9-13-17-19-3/h18-19H,4-17H2,1-3H3. The third kappa shape index (κ3) is 14.2. The van der Waals surface area contributed by atoms with Gasteiger partial charge in [0.15, 0.2) is 0 Å². The minimum Gasteiger partial charge on any atom is -0.320 e. The molecule has 1 nitrogen and oxygen atoms in total. The molecule has 0 saturated heterocycles. The summed E-state index contributed by atoms with van der Waals surface area (Å²) in [4.78, 5) is 0. The van der Waals surface area contributed by atoms with Crippen LogP contribution < -0.4 is 5.32 Å². The summed E-state index contributed by atoms with van der Waals surface area (Å²) in [5.41, 5.74) is 0. The van der Waals surface area contributed by atoms with E-state index in [1.165, 1.54) is 90.0 Å². The highest BCUT2D eigenvalue weighted by Crippen LogP contribution is 2.23. The summed E-state index contributed by atoms with van der Waals surface area (Å²) in [6.07, 6.45) is 18.7. The molecule has 0 radical (unpaired) electrons. The second-order valence-corrected chi connectivity index (χ2v) is 6.16. The van der Waals surface area contributed by atoms with Crippen molar-refractivity contribution in [2.24, 2.45) is 5.92 Å². The second kappa shape index (κ2) is 16.0. The molecule has 0 heterocycles. The summed E-state index contributed by atoms with van der Waals surface area (Å²) < 4.78 is 0. The van der Waals surface area contributed by atoms with E-state index in [1.54, 1.807) is 0 Å². The van der Waals surface area contributed by atoms with E-state index in [0.29, 0.717) is 0 Å². The molecule has 1 heteroatoms. The average molecular weight is 270 g/mol. The summed E-state index contributed by atoms with van der Waals surface area (Å²) in [5, 5.41) is 3.24. The molecule has 0 fully saturated rings. The Bertz CT molecular complexity index is 146. The van der Waals surface area contributed by atoms with Gasteiger partial charge in [0.1, 0.15) is 0 Å². The fourth-order valence-corrected chi connectivity index (χ4v) is 2.89. The van der Waals surface area contributed by atoms with Crippen LogP contribution in [0.2, 0.25) is 0 Å². The molecular weight excluding hydrogens is 230 g/mol. The van der Waals surface area contributed by atoms with Gasteiger partial charge in [-0.3, -0.25) is 0 Å². The normalized spacial score (nSPS) is 11.4. The Balaban J connectivity index is 3.58. The van der Waals surface area contributed by atoms with Crippen LogP contribution >= 0.6 is 0 Å². The molecule has 0 aromatic rings. The molecule has 116 valence electrons. The molecule has 19 heavy (non-hydrogen) atoms. The van der Waals surface area contributed by atoms with Crippen LogP contribution in [0.5, 0.6) is 0 Å². The molecule has 0 amide bonds. The van der Waals surface area contributed by atoms with Gasteiger partial charge in [-0.2, -0.15) is 0 Å². The maximum atomic E-state index is 3.24. The van der Waals surface area contributed by atoms with E-state index in [1.807, 2.05) is 0 Å². The molecule has 0 spiro atoms. The zero-order valence-corrected chi connectivity index (χ0v) is 14.0. The van der Waals surface area contributed by atoms with Gasteiger partial charge in [0.25, 0.3) is 0 Å². The van der Waals surface area contributed by atoms with Crippen LogP contribution in [-0.4, -0.2) is 13.6 Å². The minimum absolute atomic E-state index is 1.03. The molecule has 0 aromatic carbocycles. The monoisotopic (exact) mass is 269 g/mol. The van der Waals surface area contributed by atoms with Crippen LogP contribution in [0.3, 0.4) is 0 Å². The number of hydrogen-bond acceptors (Lipinski definition) is 1. The zero-order valence-electron chi connectivity index (χ0n) is 14.0. The third-order valence-corrected chi connectivity index (χ3v) is 4.22. The Morgan fingerprint density at radius 3 is 1.58 bits per heavy atom. The number of rotatable bonds is 15. The minimum atomic E-state index is 1.03. The van der Waals surface area contributed by atoms with Crippen molar-refractivity contribution in [2.75, 3.05) is 13.6 Å². The SMILES string of the molecule is CCCCCC(CCCCC)CCCCCCNC. The third-order valence-electron chi connectivity index (χ3n) is 4.22. The van der Waals surface area contributed by atoms with E-state index in [0.717, 1.165) is 5.92 Å². The number of unbranched alkanes of at least 4 members (excludes halogenated alkanes) is 7. The Kier molecular flexibility index (Phi) is 16.0. The summed E-state index contributed by atoms with van der Waals surface area (Å²) in [6.45, 7) is 5.82. The fraction of sp³-hybridized carbons (Fsp3) is 1.00. The molecule has 0 saturated carbocycles. The molecule has 0 aromatic heterocycles. The molecule has 0 atom stereocenters. The smallest absolute Gasteiger partial charge is 0.00519 e. The first-order valence-corrected chi connectivity index (χ1v) is 8.99. The van der Waals surface area contributed by atoms with Gasteiger partial charge in [-0.15, -0.1) is 0 Å². The first-order chi connectivity index (χ1) is 9.35. The number of hydrogen-bond donors (Lipinski definition) is 1. The van der Waals surface area contributed by atoms with Crippen LogP contribution in [0.4, 0.5) is 0 Å². The van der Waals surface area contributed by atoms with E-state index < -0.39 is 0 Å². The molecular formula is C18H39N. The lowest BCUT2D eigenvalue weighted by atomic mass is 9.90. The zero-order chi connectivity index (χ0) is 14.2. The van der Waals surface area contributed by atoms with Crippen LogP contribution in [0.1, 0.15) is 97.3 Å². The summed E-state index contributed by atoms with van der Waals surface area (Å²) in [5.74, 6) is 1.03. The molecule has 0 unspecified atom stereocenters. The van der Waals surface area contributed by atoms with Crippen molar-refractivity contribution in [3.8, 4) is 0 Å². The number of nitrogens with one attached hydrogen (secondary N) is 1. The molecule has 0 aliphatic heterocycles. The van der Waals surface area contributed by atoms with E-state index in [2.05, 4.69) is 26.2 Å². The Morgan fingerprint density at radius 1 is 0.632 bits per heavy atom. The van der Waals surface area contributed by atoms with Crippen molar-refractivity contribution in [1.29, 1.82) is 0 Å². The largest absolute Gasteiger partial charge is 0.320 e. The predicted molar refractivity (Wildman–Crippen MR) is 88.8 cm³/mol. The first kappa shape index (κ1) is 19.0. The van der Waals surface area contributed by atoms with Gasteiger partial charge in [-0.1, -0.05) is 90.9 Å². The van der Waals surface area contributed by atoms with Gasteiger partial charge in [-0.25, -0.2) is 0 Å². The van der Waals surface area contributed by atoms with Gasteiger partial charge in [-0.05, 0) is 25.9 Å². The quantitative estimate of drug-likeness (QED) is 0.363. The highest BCUT2D eigenvalue weighted by atomic mass is 14.8. The summed E-state index contributed by atoms with van der Waals surface area (Å²) >= 11 is 0. The molecule has 0 rings (SSSR count). The van der Waals surface area contributed by atoms with Crippen LogP contribution in [0.15, 0.2) is 0 Å². The predicted octanol–water partition coefficient (Wildman–Crippen LogP) is 5.93. The Morgan fingerprint density at radius 2 is 1.11 bits per heavy atom. The molecule has 1 N–H and O–H groups in total. The second-order valence-electron chi connectivity index (χ2n) is 6.16. The van der Waals surface area contributed by atoms with Crippen LogP contribution in [0, 0.1) is 5.92 Å².